The van der Waals surface area contributed by atoms with Gasteiger partial charge >= 0.3 is 0 Å². The first-order valence-electron chi connectivity index (χ1n) is 11.0. The van der Waals surface area contributed by atoms with Crippen molar-refractivity contribution in [3.63, 3.8) is 0 Å². The van der Waals surface area contributed by atoms with Crippen LogP contribution < -0.4 is 16.0 Å². The molecule has 3 aliphatic carbocycles. The van der Waals surface area contributed by atoms with E-state index in [0.29, 0.717) is 29.5 Å². The van der Waals surface area contributed by atoms with Gasteiger partial charge in [0.15, 0.2) is 5.96 Å². The Morgan fingerprint density at radius 1 is 1.15 bits per heavy atom. The lowest BCUT2D eigenvalue weighted by Gasteiger charge is -2.63. The molecule has 0 radical (unpaired) electrons. The van der Waals surface area contributed by atoms with E-state index >= 15 is 0 Å². The number of aliphatic imine (C=N–C) groups is 1. The first kappa shape index (κ1) is 19.0. The number of rotatable bonds is 4. The fourth-order valence-corrected chi connectivity index (χ4v) is 5.93. The smallest absolute Gasteiger partial charge is 0.223 e. The van der Waals surface area contributed by atoms with Crippen LogP contribution in [0.2, 0.25) is 0 Å². The summed E-state index contributed by atoms with van der Waals surface area (Å²) in [5.41, 5.74) is 0.352. The summed E-state index contributed by atoms with van der Waals surface area (Å²) in [6.45, 7) is 4.96. The Morgan fingerprint density at radius 2 is 1.96 bits per heavy atom. The molecule has 1 spiro atoms. The Labute approximate surface area is 163 Å². The Morgan fingerprint density at radius 3 is 2.63 bits per heavy atom. The summed E-state index contributed by atoms with van der Waals surface area (Å²) in [4.78, 5) is 16.9. The second kappa shape index (κ2) is 7.61. The molecule has 0 aromatic heterocycles. The zero-order valence-electron chi connectivity index (χ0n) is 17.1. The van der Waals surface area contributed by atoms with Crippen LogP contribution in [0, 0.1) is 17.3 Å². The maximum atomic E-state index is 12.4. The van der Waals surface area contributed by atoms with Crippen molar-refractivity contribution in [1.82, 2.24) is 16.0 Å². The van der Waals surface area contributed by atoms with Crippen molar-refractivity contribution >= 4 is 11.9 Å². The number of nitrogens with one attached hydrogen (secondary N) is 3. The van der Waals surface area contributed by atoms with E-state index in [4.69, 9.17) is 4.74 Å². The highest BCUT2D eigenvalue weighted by Gasteiger charge is 2.66. The van der Waals surface area contributed by atoms with Crippen LogP contribution in [-0.4, -0.2) is 49.8 Å². The highest BCUT2D eigenvalue weighted by atomic mass is 16.5. The molecule has 1 saturated heterocycles. The van der Waals surface area contributed by atoms with Crippen molar-refractivity contribution in [1.29, 1.82) is 0 Å². The number of carbonyl (C=O) groups excluding carboxylic acids is 1. The SMILES string of the molecule is CN=C(NC1CCCC(C(=O)NC(C)C)C1)NC1C2CCOC2C12CCC2. The molecule has 4 aliphatic rings. The van der Waals surface area contributed by atoms with Gasteiger partial charge in [0.2, 0.25) is 5.91 Å². The van der Waals surface area contributed by atoms with Crippen LogP contribution in [0.25, 0.3) is 0 Å². The molecule has 1 heterocycles. The zero-order valence-corrected chi connectivity index (χ0v) is 17.1. The van der Waals surface area contributed by atoms with Crippen LogP contribution in [0.5, 0.6) is 0 Å². The number of carbonyl (C=O) groups is 1. The van der Waals surface area contributed by atoms with E-state index in [1.807, 2.05) is 20.9 Å². The molecular weight excluding hydrogens is 340 g/mol. The van der Waals surface area contributed by atoms with Crippen molar-refractivity contribution in [3.05, 3.63) is 0 Å². The van der Waals surface area contributed by atoms with E-state index < -0.39 is 0 Å². The van der Waals surface area contributed by atoms with Crippen LogP contribution in [-0.2, 0) is 9.53 Å². The van der Waals surface area contributed by atoms with Crippen molar-refractivity contribution in [2.45, 2.75) is 89.4 Å². The third kappa shape index (κ3) is 3.45. The first-order chi connectivity index (χ1) is 13.0. The van der Waals surface area contributed by atoms with Crippen LogP contribution in [0.3, 0.4) is 0 Å². The third-order valence-corrected chi connectivity index (χ3v) is 7.37. The summed E-state index contributed by atoms with van der Waals surface area (Å²) in [5.74, 6) is 1.87. The van der Waals surface area contributed by atoms with Gasteiger partial charge in [-0.05, 0) is 52.4 Å². The Kier molecular flexibility index (Phi) is 5.36. The van der Waals surface area contributed by atoms with Gasteiger partial charge in [0.05, 0.1) is 6.10 Å². The zero-order chi connectivity index (χ0) is 19.0. The molecule has 6 nitrogen and oxygen atoms in total. The standard InChI is InChI=1S/C21H36N4O2/c1-13(2)23-19(26)14-6-4-7-15(12-14)24-20(22-3)25-17-16-8-11-27-18(16)21(17)9-5-10-21/h13-18H,4-12H2,1-3H3,(H,23,26)(H2,22,24,25). The fraction of sp³-hybridized carbons (Fsp3) is 0.905. The summed E-state index contributed by atoms with van der Waals surface area (Å²) in [6, 6.07) is 1.02. The molecular formula is C21H36N4O2. The number of ether oxygens (including phenoxy) is 1. The molecule has 0 aromatic rings. The van der Waals surface area contributed by atoms with Crippen molar-refractivity contribution < 1.29 is 9.53 Å². The third-order valence-electron chi connectivity index (χ3n) is 7.37. The number of hydrogen-bond donors (Lipinski definition) is 3. The van der Waals surface area contributed by atoms with Gasteiger partial charge in [-0.3, -0.25) is 9.79 Å². The maximum Gasteiger partial charge on any atom is 0.223 e. The van der Waals surface area contributed by atoms with Gasteiger partial charge in [-0.15, -0.1) is 0 Å². The highest BCUT2D eigenvalue weighted by Crippen LogP contribution is 2.62. The number of nitrogens with zero attached hydrogens (tertiary/aromatic N) is 1. The van der Waals surface area contributed by atoms with E-state index in [1.165, 1.54) is 25.7 Å². The largest absolute Gasteiger partial charge is 0.377 e. The number of guanidine groups is 1. The average molecular weight is 377 g/mol. The second-order valence-corrected chi connectivity index (χ2v) is 9.39. The summed E-state index contributed by atoms with van der Waals surface area (Å²) in [5, 5.41) is 10.5. The monoisotopic (exact) mass is 376 g/mol. The molecule has 5 unspecified atom stereocenters. The van der Waals surface area contributed by atoms with Gasteiger partial charge in [0.25, 0.3) is 0 Å². The summed E-state index contributed by atoms with van der Waals surface area (Å²) < 4.78 is 6.03. The Bertz CT molecular complexity index is 587. The molecule has 0 bridgehead atoms. The van der Waals surface area contributed by atoms with Gasteiger partial charge in [0.1, 0.15) is 0 Å². The summed E-state index contributed by atoms with van der Waals surface area (Å²) >= 11 is 0. The van der Waals surface area contributed by atoms with Gasteiger partial charge < -0.3 is 20.7 Å². The molecule has 4 fully saturated rings. The van der Waals surface area contributed by atoms with Gasteiger partial charge in [-0.2, -0.15) is 0 Å². The molecule has 27 heavy (non-hydrogen) atoms. The number of amides is 1. The van der Waals surface area contributed by atoms with Crippen LogP contribution in [0.4, 0.5) is 0 Å². The van der Waals surface area contributed by atoms with E-state index in [1.54, 1.807) is 0 Å². The minimum absolute atomic E-state index is 0.117. The topological polar surface area (TPSA) is 74.8 Å². The van der Waals surface area contributed by atoms with Crippen molar-refractivity contribution in [2.75, 3.05) is 13.7 Å². The summed E-state index contributed by atoms with van der Waals surface area (Å²) in [7, 11) is 1.86. The first-order valence-corrected chi connectivity index (χ1v) is 11.0. The average Bonchev–Trinajstić information content (AvgIpc) is 3.02. The molecule has 4 rings (SSSR count). The van der Waals surface area contributed by atoms with Crippen LogP contribution >= 0.6 is 0 Å². The molecule has 152 valence electrons. The maximum absolute atomic E-state index is 12.4. The highest BCUT2D eigenvalue weighted by molar-refractivity contribution is 5.81. The van der Waals surface area contributed by atoms with Crippen molar-refractivity contribution in [2.24, 2.45) is 22.2 Å². The predicted molar refractivity (Wildman–Crippen MR) is 107 cm³/mol. The van der Waals surface area contributed by atoms with E-state index in [9.17, 15) is 4.79 Å². The van der Waals surface area contributed by atoms with Gasteiger partial charge in [-0.25, -0.2) is 0 Å². The van der Waals surface area contributed by atoms with Gasteiger partial charge in [-0.1, -0.05) is 12.8 Å². The summed E-state index contributed by atoms with van der Waals surface area (Å²) in [6.07, 6.45) is 9.62. The molecule has 3 N–H and O–H groups in total. The Hall–Kier alpha value is -1.30. The molecule has 1 aliphatic heterocycles. The van der Waals surface area contributed by atoms with Crippen LogP contribution in [0.15, 0.2) is 4.99 Å². The van der Waals surface area contributed by atoms with Crippen molar-refractivity contribution in [3.8, 4) is 0 Å². The normalized spacial score (nSPS) is 37.3. The van der Waals surface area contributed by atoms with E-state index in [0.717, 1.165) is 38.2 Å². The molecule has 6 heteroatoms. The lowest BCUT2D eigenvalue weighted by molar-refractivity contribution is -0.171. The quantitative estimate of drug-likeness (QED) is 0.519. The molecule has 1 amide bonds. The molecule has 5 atom stereocenters. The second-order valence-electron chi connectivity index (χ2n) is 9.39. The minimum Gasteiger partial charge on any atom is -0.377 e. The van der Waals surface area contributed by atoms with E-state index in [-0.39, 0.29) is 17.9 Å². The van der Waals surface area contributed by atoms with Gasteiger partial charge in [0, 0.05) is 49.0 Å². The predicted octanol–water partition coefficient (Wildman–Crippen LogP) is 2.19. The lowest BCUT2D eigenvalue weighted by atomic mass is 9.46. The fourth-order valence-electron chi connectivity index (χ4n) is 5.93. The lowest BCUT2D eigenvalue weighted by Crippen LogP contribution is -2.72. The van der Waals surface area contributed by atoms with Crippen LogP contribution in [0.1, 0.15) is 65.2 Å². The molecule has 0 aromatic carbocycles. The molecule has 3 saturated carbocycles. The number of hydrogen-bond acceptors (Lipinski definition) is 3. The Balaban J connectivity index is 1.33. The minimum atomic E-state index is 0.117. The number of fused-ring (bicyclic) bond motifs is 2. The van der Waals surface area contributed by atoms with E-state index in [2.05, 4.69) is 20.9 Å².